The summed E-state index contributed by atoms with van der Waals surface area (Å²) in [5.41, 5.74) is 0. The molecule has 0 spiro atoms. The molecule has 0 saturated heterocycles. The van der Waals surface area contributed by atoms with E-state index in [0.29, 0.717) is 25.7 Å². The second-order valence-corrected chi connectivity index (χ2v) is 33.0. The number of phosphoric ester groups is 2. The Bertz CT molecular complexity index is 1950. The minimum Gasteiger partial charge on any atom is -0.462 e. The zero-order chi connectivity index (χ0) is 74.8. The Morgan fingerprint density at radius 1 is 0.275 bits per heavy atom. The van der Waals surface area contributed by atoms with Crippen molar-refractivity contribution in [1.29, 1.82) is 0 Å². The minimum atomic E-state index is -4.96. The topological polar surface area (TPSA) is 237 Å². The van der Waals surface area contributed by atoms with E-state index in [-0.39, 0.29) is 25.7 Å². The van der Waals surface area contributed by atoms with Gasteiger partial charge in [0, 0.05) is 25.7 Å². The lowest BCUT2D eigenvalue weighted by Gasteiger charge is -2.21. The van der Waals surface area contributed by atoms with E-state index in [2.05, 4.69) is 34.6 Å². The normalized spacial score (nSPS) is 14.1. The SMILES string of the molecule is CCCCCCCCCCCCCCCCCCCCCCCC(=O)O[C@H](COC(=O)CCCCCCCCCCCCCCCCC(C)CC)COP(=O)(O)OC[C@@H](O)COP(=O)(O)OC[C@@H](COC(=O)CCCCCCCCCCCCC)OC(=O)CCCCCCCCCCCCCC. The van der Waals surface area contributed by atoms with Crippen LogP contribution in [0.2, 0.25) is 0 Å². The van der Waals surface area contributed by atoms with Crippen molar-refractivity contribution in [2.24, 2.45) is 5.92 Å². The van der Waals surface area contributed by atoms with Crippen molar-refractivity contribution in [2.75, 3.05) is 39.6 Å². The van der Waals surface area contributed by atoms with E-state index in [4.69, 9.17) is 37.0 Å². The standard InChI is InChI=1S/C83H162O17P2/c1-6-10-13-16-19-22-25-27-28-29-30-31-32-33-34-39-44-49-54-59-64-69-83(88)100-79(73-94-81(86)67-62-57-52-47-43-38-36-35-37-41-45-50-55-60-65-76(5)9-4)75-98-102(91,92)96-71-77(84)70-95-101(89,90)97-74-78(72-93-80(85)66-61-56-51-46-40-24-21-18-15-12-8-3)99-82(87)68-63-58-53-48-42-26-23-20-17-14-11-7-2/h76-79,84H,6-75H2,1-5H3,(H,89,90)(H,91,92)/t76?,77-,78+,79+/m0/s1. The van der Waals surface area contributed by atoms with Crippen LogP contribution in [0, 0.1) is 5.92 Å². The Kier molecular flexibility index (Phi) is 74.4. The summed E-state index contributed by atoms with van der Waals surface area (Å²) in [6, 6.07) is 0. The molecule has 0 aromatic carbocycles. The summed E-state index contributed by atoms with van der Waals surface area (Å²) in [7, 11) is -9.92. The smallest absolute Gasteiger partial charge is 0.462 e. The van der Waals surface area contributed by atoms with Gasteiger partial charge in [0.05, 0.1) is 26.4 Å². The van der Waals surface area contributed by atoms with Crippen molar-refractivity contribution in [3.8, 4) is 0 Å². The van der Waals surface area contributed by atoms with Crippen LogP contribution in [0.3, 0.4) is 0 Å². The average Bonchev–Trinajstić information content (AvgIpc) is 0.937. The first kappa shape index (κ1) is 100. The number of phosphoric acid groups is 2. The molecule has 0 radical (unpaired) electrons. The van der Waals surface area contributed by atoms with Crippen LogP contribution < -0.4 is 0 Å². The van der Waals surface area contributed by atoms with Gasteiger partial charge in [-0.25, -0.2) is 9.13 Å². The van der Waals surface area contributed by atoms with Gasteiger partial charge in [0.15, 0.2) is 12.2 Å². The molecule has 17 nitrogen and oxygen atoms in total. The third kappa shape index (κ3) is 74.9. The molecular weight excluding hydrogens is 1330 g/mol. The number of rotatable bonds is 83. The highest BCUT2D eigenvalue weighted by Gasteiger charge is 2.30. The number of aliphatic hydroxyl groups is 1. The minimum absolute atomic E-state index is 0.108. The lowest BCUT2D eigenvalue weighted by molar-refractivity contribution is -0.161. The highest BCUT2D eigenvalue weighted by molar-refractivity contribution is 7.47. The Morgan fingerprint density at radius 3 is 0.696 bits per heavy atom. The molecule has 6 atom stereocenters. The summed E-state index contributed by atoms with van der Waals surface area (Å²) in [5, 5.41) is 10.6. The number of ether oxygens (including phenoxy) is 4. The first-order chi connectivity index (χ1) is 49.6. The number of unbranched alkanes of at least 4 members (excludes halogenated alkanes) is 54. The number of aliphatic hydroxyl groups excluding tert-OH is 1. The van der Waals surface area contributed by atoms with Crippen LogP contribution in [0.4, 0.5) is 0 Å². The van der Waals surface area contributed by atoms with E-state index < -0.39 is 97.5 Å². The molecule has 0 aromatic rings. The van der Waals surface area contributed by atoms with E-state index in [1.54, 1.807) is 0 Å². The molecule has 0 aliphatic carbocycles. The molecule has 3 unspecified atom stereocenters. The average molecular weight is 1490 g/mol. The van der Waals surface area contributed by atoms with Crippen molar-refractivity contribution in [3.63, 3.8) is 0 Å². The van der Waals surface area contributed by atoms with E-state index in [0.717, 1.165) is 95.8 Å². The van der Waals surface area contributed by atoms with Crippen LogP contribution >= 0.6 is 15.6 Å². The molecule has 0 bridgehead atoms. The quantitative estimate of drug-likeness (QED) is 0.0222. The Morgan fingerprint density at radius 2 is 0.471 bits per heavy atom. The molecular formula is C83H162O17P2. The second kappa shape index (κ2) is 75.9. The number of carbonyl (C=O) groups excluding carboxylic acids is 4. The van der Waals surface area contributed by atoms with Gasteiger partial charge in [-0.1, -0.05) is 394 Å². The van der Waals surface area contributed by atoms with Crippen molar-refractivity contribution in [1.82, 2.24) is 0 Å². The first-order valence-electron chi connectivity index (χ1n) is 43.2. The maximum absolute atomic E-state index is 13.1. The fourth-order valence-electron chi connectivity index (χ4n) is 12.9. The van der Waals surface area contributed by atoms with Crippen molar-refractivity contribution in [2.45, 2.75) is 464 Å². The number of hydrogen-bond acceptors (Lipinski definition) is 15. The molecule has 0 aromatic heterocycles. The van der Waals surface area contributed by atoms with Crippen LogP contribution in [0.5, 0.6) is 0 Å². The Hall–Kier alpha value is -1.94. The van der Waals surface area contributed by atoms with Gasteiger partial charge >= 0.3 is 39.5 Å². The molecule has 0 heterocycles. The monoisotopic (exact) mass is 1490 g/mol. The molecule has 606 valence electrons. The van der Waals surface area contributed by atoms with Gasteiger partial charge in [0.25, 0.3) is 0 Å². The van der Waals surface area contributed by atoms with Crippen molar-refractivity contribution < 1.29 is 80.2 Å². The molecule has 0 rings (SSSR count). The molecule has 102 heavy (non-hydrogen) atoms. The molecule has 0 saturated carbocycles. The van der Waals surface area contributed by atoms with Crippen LogP contribution in [0.15, 0.2) is 0 Å². The predicted octanol–water partition coefficient (Wildman–Crippen LogP) is 25.2. The third-order valence-corrected chi connectivity index (χ3v) is 21.8. The van der Waals surface area contributed by atoms with Crippen molar-refractivity contribution in [3.05, 3.63) is 0 Å². The van der Waals surface area contributed by atoms with E-state index in [9.17, 15) is 43.2 Å². The zero-order valence-corrected chi connectivity index (χ0v) is 68.5. The highest BCUT2D eigenvalue weighted by atomic mass is 31.2. The number of carbonyl (C=O) groups is 4. The van der Waals surface area contributed by atoms with Gasteiger partial charge < -0.3 is 33.8 Å². The summed E-state index contributed by atoms with van der Waals surface area (Å²) >= 11 is 0. The zero-order valence-electron chi connectivity index (χ0n) is 66.8. The van der Waals surface area contributed by atoms with E-state index in [1.165, 1.54) is 270 Å². The lowest BCUT2D eigenvalue weighted by Crippen LogP contribution is -2.30. The Labute approximate surface area is 626 Å². The van der Waals surface area contributed by atoms with Gasteiger partial charge in [-0.3, -0.25) is 37.3 Å². The largest absolute Gasteiger partial charge is 0.472 e. The molecule has 0 fully saturated rings. The summed E-state index contributed by atoms with van der Waals surface area (Å²) < 4.78 is 68.8. The van der Waals surface area contributed by atoms with Crippen LogP contribution in [0.1, 0.15) is 446 Å². The maximum atomic E-state index is 13.1. The van der Waals surface area contributed by atoms with Gasteiger partial charge in [0.2, 0.25) is 0 Å². The summed E-state index contributed by atoms with van der Waals surface area (Å²) in [4.78, 5) is 73.1. The lowest BCUT2D eigenvalue weighted by atomic mass is 9.99. The fourth-order valence-corrected chi connectivity index (χ4v) is 14.5. The fraction of sp³-hybridized carbons (Fsp3) is 0.952. The van der Waals surface area contributed by atoms with Gasteiger partial charge in [0.1, 0.15) is 19.3 Å². The molecule has 0 amide bonds. The van der Waals surface area contributed by atoms with Crippen molar-refractivity contribution >= 4 is 39.5 Å². The molecule has 19 heteroatoms. The van der Waals surface area contributed by atoms with Crippen LogP contribution in [-0.2, 0) is 65.4 Å². The predicted molar refractivity (Wildman–Crippen MR) is 418 cm³/mol. The van der Waals surface area contributed by atoms with E-state index in [1.807, 2.05) is 0 Å². The van der Waals surface area contributed by atoms with Crippen LogP contribution in [-0.4, -0.2) is 96.7 Å². The molecule has 0 aliphatic heterocycles. The van der Waals surface area contributed by atoms with E-state index >= 15 is 0 Å². The second-order valence-electron chi connectivity index (χ2n) is 30.1. The van der Waals surface area contributed by atoms with Gasteiger partial charge in [-0.05, 0) is 31.6 Å². The Balaban J connectivity index is 5.22. The summed E-state index contributed by atoms with van der Waals surface area (Å²) in [6.07, 6.45) is 67.9. The van der Waals surface area contributed by atoms with Crippen LogP contribution in [0.25, 0.3) is 0 Å². The highest BCUT2D eigenvalue weighted by Crippen LogP contribution is 2.45. The third-order valence-electron chi connectivity index (χ3n) is 19.9. The number of esters is 4. The van der Waals surface area contributed by atoms with Gasteiger partial charge in [-0.15, -0.1) is 0 Å². The number of hydrogen-bond donors (Lipinski definition) is 3. The molecule has 0 aliphatic rings. The summed E-state index contributed by atoms with van der Waals surface area (Å²) in [5.74, 6) is -1.25. The van der Waals surface area contributed by atoms with Gasteiger partial charge in [-0.2, -0.15) is 0 Å². The molecule has 3 N–H and O–H groups in total. The maximum Gasteiger partial charge on any atom is 0.472 e. The summed E-state index contributed by atoms with van der Waals surface area (Å²) in [6.45, 7) is 7.39. The first-order valence-corrected chi connectivity index (χ1v) is 46.2.